The summed E-state index contributed by atoms with van der Waals surface area (Å²) < 4.78 is 5.68. The monoisotopic (exact) mass is 219 g/mol. The molecule has 2 rings (SSSR count). The van der Waals surface area contributed by atoms with Crippen molar-refractivity contribution >= 4 is 0 Å². The summed E-state index contributed by atoms with van der Waals surface area (Å²) in [7, 11) is 4.32. The van der Waals surface area contributed by atoms with Crippen LogP contribution in [0.25, 0.3) is 0 Å². The predicted octanol–water partition coefficient (Wildman–Crippen LogP) is 2.54. The zero-order valence-electron chi connectivity index (χ0n) is 10.2. The number of benzene rings is 1. The molecule has 1 aromatic carbocycles. The predicted molar refractivity (Wildman–Crippen MR) is 66.3 cm³/mol. The van der Waals surface area contributed by atoms with E-state index < -0.39 is 0 Å². The molecule has 16 heavy (non-hydrogen) atoms. The van der Waals surface area contributed by atoms with E-state index in [-0.39, 0.29) is 0 Å². The van der Waals surface area contributed by atoms with Crippen LogP contribution < -0.4 is 0 Å². The van der Waals surface area contributed by atoms with Gasteiger partial charge in [0.15, 0.2) is 0 Å². The van der Waals surface area contributed by atoms with E-state index in [1.165, 1.54) is 18.4 Å². The SMILES string of the molecule is CN(C)[C@@H]1C[C@H]1CCOCc1ccccc1. The second kappa shape index (κ2) is 5.46. The Kier molecular flexibility index (Phi) is 3.97. The van der Waals surface area contributed by atoms with Crippen LogP contribution in [0.4, 0.5) is 0 Å². The van der Waals surface area contributed by atoms with Gasteiger partial charge in [-0.1, -0.05) is 30.3 Å². The molecule has 1 saturated carbocycles. The number of hydrogen-bond acceptors (Lipinski definition) is 2. The van der Waals surface area contributed by atoms with E-state index in [2.05, 4.69) is 43.3 Å². The Bertz CT molecular complexity index is 310. The summed E-state index contributed by atoms with van der Waals surface area (Å²) in [6, 6.07) is 11.2. The highest BCUT2D eigenvalue weighted by atomic mass is 16.5. The van der Waals surface area contributed by atoms with E-state index in [4.69, 9.17) is 4.74 Å². The normalized spacial score (nSPS) is 23.7. The average Bonchev–Trinajstić information content (AvgIpc) is 3.05. The van der Waals surface area contributed by atoms with Crippen LogP contribution in [0, 0.1) is 5.92 Å². The molecule has 0 aliphatic heterocycles. The molecular weight excluding hydrogens is 198 g/mol. The van der Waals surface area contributed by atoms with Gasteiger partial charge in [-0.05, 0) is 38.4 Å². The van der Waals surface area contributed by atoms with Gasteiger partial charge in [0, 0.05) is 12.6 Å². The molecule has 1 aromatic rings. The molecule has 1 aliphatic rings. The van der Waals surface area contributed by atoms with Gasteiger partial charge in [0.25, 0.3) is 0 Å². The van der Waals surface area contributed by atoms with Gasteiger partial charge in [0.2, 0.25) is 0 Å². The Hall–Kier alpha value is -0.860. The third kappa shape index (κ3) is 3.32. The first-order chi connectivity index (χ1) is 7.77. The molecule has 0 unspecified atom stereocenters. The largest absolute Gasteiger partial charge is 0.377 e. The Balaban J connectivity index is 1.57. The van der Waals surface area contributed by atoms with Crippen LogP contribution in [0.1, 0.15) is 18.4 Å². The maximum atomic E-state index is 5.68. The number of rotatable bonds is 6. The second-order valence-corrected chi connectivity index (χ2v) is 4.85. The Labute approximate surface area is 98.2 Å². The average molecular weight is 219 g/mol. The van der Waals surface area contributed by atoms with Crippen LogP contribution >= 0.6 is 0 Å². The van der Waals surface area contributed by atoms with Crippen LogP contribution in [0.15, 0.2) is 30.3 Å². The fourth-order valence-electron chi connectivity index (χ4n) is 2.17. The Morgan fingerprint density at radius 2 is 2.00 bits per heavy atom. The molecule has 88 valence electrons. The van der Waals surface area contributed by atoms with Crippen molar-refractivity contribution < 1.29 is 4.74 Å². The van der Waals surface area contributed by atoms with E-state index in [9.17, 15) is 0 Å². The lowest BCUT2D eigenvalue weighted by molar-refractivity contribution is 0.113. The molecule has 2 nitrogen and oxygen atoms in total. The minimum absolute atomic E-state index is 0.750. The van der Waals surface area contributed by atoms with Crippen molar-refractivity contribution in [1.82, 2.24) is 4.90 Å². The summed E-state index contributed by atoms with van der Waals surface area (Å²) in [5.41, 5.74) is 1.27. The van der Waals surface area contributed by atoms with Crippen molar-refractivity contribution in [3.63, 3.8) is 0 Å². The maximum Gasteiger partial charge on any atom is 0.0716 e. The van der Waals surface area contributed by atoms with Crippen LogP contribution in [-0.4, -0.2) is 31.6 Å². The molecular formula is C14H21NO. The lowest BCUT2D eigenvalue weighted by Crippen LogP contribution is -2.16. The van der Waals surface area contributed by atoms with Crippen LogP contribution in [0.5, 0.6) is 0 Å². The van der Waals surface area contributed by atoms with E-state index in [0.29, 0.717) is 0 Å². The Morgan fingerprint density at radius 3 is 2.62 bits per heavy atom. The van der Waals surface area contributed by atoms with Gasteiger partial charge in [0.1, 0.15) is 0 Å². The molecule has 0 N–H and O–H groups in total. The smallest absolute Gasteiger partial charge is 0.0716 e. The van der Waals surface area contributed by atoms with Gasteiger partial charge in [-0.25, -0.2) is 0 Å². The van der Waals surface area contributed by atoms with Crippen molar-refractivity contribution in [2.45, 2.75) is 25.5 Å². The first kappa shape index (κ1) is 11.6. The standard InChI is InChI=1S/C14H21NO/c1-15(2)14-10-13(14)8-9-16-11-12-6-4-3-5-7-12/h3-7,13-14H,8-11H2,1-2H3/t13-,14-/m1/s1. The molecule has 0 radical (unpaired) electrons. The number of ether oxygens (including phenoxy) is 1. The van der Waals surface area contributed by atoms with Crippen molar-refractivity contribution in [2.75, 3.05) is 20.7 Å². The van der Waals surface area contributed by atoms with Crippen LogP contribution in [-0.2, 0) is 11.3 Å². The summed E-state index contributed by atoms with van der Waals surface area (Å²) in [5, 5.41) is 0. The van der Waals surface area contributed by atoms with Crippen molar-refractivity contribution in [1.29, 1.82) is 0 Å². The minimum Gasteiger partial charge on any atom is -0.377 e. The molecule has 0 aromatic heterocycles. The molecule has 2 heteroatoms. The zero-order chi connectivity index (χ0) is 11.4. The third-order valence-corrected chi connectivity index (χ3v) is 3.29. The summed E-state index contributed by atoms with van der Waals surface area (Å²) in [6.45, 7) is 1.64. The number of nitrogens with zero attached hydrogens (tertiary/aromatic N) is 1. The molecule has 2 atom stereocenters. The highest BCUT2D eigenvalue weighted by molar-refractivity contribution is 5.13. The highest BCUT2D eigenvalue weighted by Crippen LogP contribution is 2.36. The topological polar surface area (TPSA) is 12.5 Å². The number of hydrogen-bond donors (Lipinski definition) is 0. The van der Waals surface area contributed by atoms with E-state index in [1.54, 1.807) is 0 Å². The quantitative estimate of drug-likeness (QED) is 0.682. The fraction of sp³-hybridized carbons (Fsp3) is 0.571. The lowest BCUT2D eigenvalue weighted by atomic mass is 10.2. The van der Waals surface area contributed by atoms with E-state index in [0.717, 1.165) is 25.2 Å². The van der Waals surface area contributed by atoms with Gasteiger partial charge in [-0.3, -0.25) is 0 Å². The molecule has 0 spiro atoms. The molecule has 0 amide bonds. The molecule has 0 saturated heterocycles. The second-order valence-electron chi connectivity index (χ2n) is 4.85. The van der Waals surface area contributed by atoms with Crippen molar-refractivity contribution in [3.8, 4) is 0 Å². The van der Waals surface area contributed by atoms with Gasteiger partial charge < -0.3 is 9.64 Å². The summed E-state index contributed by atoms with van der Waals surface area (Å²) in [4.78, 5) is 2.32. The summed E-state index contributed by atoms with van der Waals surface area (Å²) >= 11 is 0. The molecule has 1 fully saturated rings. The van der Waals surface area contributed by atoms with Gasteiger partial charge in [-0.2, -0.15) is 0 Å². The van der Waals surface area contributed by atoms with E-state index in [1.807, 2.05) is 6.07 Å². The van der Waals surface area contributed by atoms with E-state index >= 15 is 0 Å². The first-order valence-corrected chi connectivity index (χ1v) is 6.05. The zero-order valence-corrected chi connectivity index (χ0v) is 10.2. The highest BCUT2D eigenvalue weighted by Gasteiger charge is 2.37. The molecule has 1 aliphatic carbocycles. The lowest BCUT2D eigenvalue weighted by Gasteiger charge is -2.08. The van der Waals surface area contributed by atoms with Crippen molar-refractivity contribution in [2.24, 2.45) is 5.92 Å². The maximum absolute atomic E-state index is 5.68. The summed E-state index contributed by atoms with van der Waals surface area (Å²) in [6.07, 6.45) is 2.55. The molecule has 0 heterocycles. The third-order valence-electron chi connectivity index (χ3n) is 3.29. The fourth-order valence-corrected chi connectivity index (χ4v) is 2.17. The summed E-state index contributed by atoms with van der Waals surface area (Å²) in [5.74, 6) is 0.866. The van der Waals surface area contributed by atoms with Crippen molar-refractivity contribution in [3.05, 3.63) is 35.9 Å². The Morgan fingerprint density at radius 1 is 1.25 bits per heavy atom. The van der Waals surface area contributed by atoms with Gasteiger partial charge >= 0.3 is 0 Å². The first-order valence-electron chi connectivity index (χ1n) is 6.05. The van der Waals surface area contributed by atoms with Gasteiger partial charge in [0.05, 0.1) is 6.61 Å². The molecule has 0 bridgehead atoms. The van der Waals surface area contributed by atoms with Crippen LogP contribution in [0.2, 0.25) is 0 Å². The van der Waals surface area contributed by atoms with Gasteiger partial charge in [-0.15, -0.1) is 0 Å². The minimum atomic E-state index is 0.750. The van der Waals surface area contributed by atoms with Crippen LogP contribution in [0.3, 0.4) is 0 Å².